The van der Waals surface area contributed by atoms with E-state index in [2.05, 4.69) is 4.99 Å². The first kappa shape index (κ1) is 19.1. The molecular weight excluding hydrogens is 319 g/mol. The van der Waals surface area contributed by atoms with Gasteiger partial charge in [-0.05, 0) is 25.0 Å². The molecular formula is C15H19FN4O4. The Morgan fingerprint density at radius 3 is 2.33 bits per heavy atom. The minimum Gasteiger partial charge on any atom is -0.465 e. The highest BCUT2D eigenvalue weighted by atomic mass is 19.1. The fraction of sp³-hybridized carbons (Fsp3) is 0.333. The molecule has 24 heavy (non-hydrogen) atoms. The van der Waals surface area contributed by atoms with Crippen LogP contribution in [-0.2, 0) is 4.79 Å². The molecule has 0 fully saturated rings. The van der Waals surface area contributed by atoms with E-state index in [1.165, 1.54) is 12.1 Å². The van der Waals surface area contributed by atoms with Crippen molar-refractivity contribution in [3.05, 3.63) is 35.9 Å². The molecule has 8 nitrogen and oxygen atoms in total. The standard InChI is InChI=1S/C15H19FN4O4/c16-9-12(17)19-8-4-7-11(13(18)21)20(15(23)24)14(22)10-5-2-1-3-6-10/h1-3,5-6,11H,4,7-9H2,(H2,17,19)(H2,18,21)(H,23,24)/t11-/m1/s1. The monoisotopic (exact) mass is 338 g/mol. The Labute approximate surface area is 137 Å². The number of nitrogens with two attached hydrogens (primary N) is 2. The number of halogens is 1. The van der Waals surface area contributed by atoms with Gasteiger partial charge in [0.1, 0.15) is 18.6 Å². The van der Waals surface area contributed by atoms with Crippen LogP contribution in [0, 0.1) is 0 Å². The summed E-state index contributed by atoms with van der Waals surface area (Å²) >= 11 is 0. The maximum Gasteiger partial charge on any atom is 0.415 e. The third-order valence-electron chi connectivity index (χ3n) is 3.17. The number of imide groups is 1. The van der Waals surface area contributed by atoms with Crippen LogP contribution < -0.4 is 11.5 Å². The number of alkyl halides is 1. The highest BCUT2D eigenvalue weighted by Crippen LogP contribution is 2.13. The number of carbonyl (C=O) groups is 3. The van der Waals surface area contributed by atoms with Crippen LogP contribution >= 0.6 is 0 Å². The third-order valence-corrected chi connectivity index (χ3v) is 3.17. The second kappa shape index (κ2) is 9.23. The van der Waals surface area contributed by atoms with Crippen molar-refractivity contribution in [2.24, 2.45) is 16.5 Å². The van der Waals surface area contributed by atoms with Crippen LogP contribution in [0.2, 0.25) is 0 Å². The van der Waals surface area contributed by atoms with Crippen LogP contribution in [0.25, 0.3) is 0 Å². The molecule has 0 unspecified atom stereocenters. The van der Waals surface area contributed by atoms with Crippen LogP contribution in [0.3, 0.4) is 0 Å². The van der Waals surface area contributed by atoms with Gasteiger partial charge in [0.2, 0.25) is 5.91 Å². The largest absolute Gasteiger partial charge is 0.465 e. The summed E-state index contributed by atoms with van der Waals surface area (Å²) < 4.78 is 12.2. The Kier molecular flexibility index (Phi) is 7.34. The molecule has 0 aliphatic carbocycles. The van der Waals surface area contributed by atoms with E-state index in [1.54, 1.807) is 18.2 Å². The molecule has 0 saturated carbocycles. The van der Waals surface area contributed by atoms with Crippen LogP contribution in [0.4, 0.5) is 9.18 Å². The number of nitrogens with zero attached hydrogens (tertiary/aromatic N) is 2. The maximum atomic E-state index is 12.4. The fourth-order valence-electron chi connectivity index (χ4n) is 2.03. The number of hydrogen-bond acceptors (Lipinski definition) is 4. The summed E-state index contributed by atoms with van der Waals surface area (Å²) in [7, 11) is 0. The Bertz CT molecular complexity index is 621. The lowest BCUT2D eigenvalue weighted by Gasteiger charge is -2.25. The van der Waals surface area contributed by atoms with Gasteiger partial charge in [0, 0.05) is 12.1 Å². The van der Waals surface area contributed by atoms with Crippen molar-refractivity contribution >= 4 is 23.7 Å². The van der Waals surface area contributed by atoms with E-state index in [9.17, 15) is 23.9 Å². The first-order chi connectivity index (χ1) is 11.4. The van der Waals surface area contributed by atoms with Crippen molar-refractivity contribution in [3.63, 3.8) is 0 Å². The summed E-state index contributed by atoms with van der Waals surface area (Å²) in [6.07, 6.45) is -1.41. The zero-order valence-corrected chi connectivity index (χ0v) is 12.9. The number of carbonyl (C=O) groups excluding carboxylic acids is 2. The number of carboxylic acid groups (broad SMARTS) is 1. The molecule has 0 spiro atoms. The zero-order chi connectivity index (χ0) is 18.1. The van der Waals surface area contributed by atoms with Crippen molar-refractivity contribution in [2.75, 3.05) is 13.2 Å². The highest BCUT2D eigenvalue weighted by Gasteiger charge is 2.33. The molecule has 0 radical (unpaired) electrons. The first-order valence-electron chi connectivity index (χ1n) is 7.14. The lowest BCUT2D eigenvalue weighted by molar-refractivity contribution is -0.122. The normalized spacial score (nSPS) is 12.5. The van der Waals surface area contributed by atoms with Crippen molar-refractivity contribution < 1.29 is 23.9 Å². The summed E-state index contributed by atoms with van der Waals surface area (Å²) in [6.45, 7) is -0.806. The molecule has 3 amide bonds. The minimum atomic E-state index is -1.58. The lowest BCUT2D eigenvalue weighted by atomic mass is 10.1. The number of primary amides is 1. The molecule has 1 atom stereocenters. The summed E-state index contributed by atoms with van der Waals surface area (Å²) in [4.78, 5) is 39.5. The minimum absolute atomic E-state index is 0.0384. The Hall–Kier alpha value is -2.97. The summed E-state index contributed by atoms with van der Waals surface area (Å²) in [5.41, 5.74) is 10.6. The molecule has 0 heterocycles. The second-order valence-electron chi connectivity index (χ2n) is 4.89. The Balaban J connectivity index is 2.90. The van der Waals surface area contributed by atoms with Gasteiger partial charge in [-0.3, -0.25) is 14.6 Å². The molecule has 5 N–H and O–H groups in total. The molecule has 0 aromatic heterocycles. The average Bonchev–Trinajstić information content (AvgIpc) is 2.56. The van der Waals surface area contributed by atoms with Gasteiger partial charge in [-0.2, -0.15) is 0 Å². The van der Waals surface area contributed by atoms with Gasteiger partial charge in [-0.15, -0.1) is 0 Å². The number of aliphatic imine (C=N–C) groups is 1. The van der Waals surface area contributed by atoms with Crippen LogP contribution in [0.5, 0.6) is 0 Å². The van der Waals surface area contributed by atoms with Crippen molar-refractivity contribution in [2.45, 2.75) is 18.9 Å². The molecule has 0 aliphatic rings. The smallest absolute Gasteiger partial charge is 0.415 e. The molecule has 1 aromatic rings. The van der Waals surface area contributed by atoms with Gasteiger partial charge in [-0.25, -0.2) is 14.1 Å². The van der Waals surface area contributed by atoms with Crippen molar-refractivity contribution in [3.8, 4) is 0 Å². The van der Waals surface area contributed by atoms with Crippen LogP contribution in [-0.4, -0.2) is 53.0 Å². The number of amides is 3. The Morgan fingerprint density at radius 2 is 1.83 bits per heavy atom. The van der Waals surface area contributed by atoms with E-state index in [4.69, 9.17) is 11.5 Å². The summed E-state index contributed by atoms with van der Waals surface area (Å²) in [5.74, 6) is -2.00. The van der Waals surface area contributed by atoms with E-state index in [0.717, 1.165) is 0 Å². The quantitative estimate of drug-likeness (QED) is 0.365. The predicted molar refractivity (Wildman–Crippen MR) is 85.3 cm³/mol. The SMILES string of the molecule is NC(=O)[C@@H](CCCN=C(N)CF)N(C(=O)O)C(=O)c1ccccc1. The molecule has 0 bridgehead atoms. The lowest BCUT2D eigenvalue weighted by Crippen LogP contribution is -2.50. The predicted octanol–water partition coefficient (Wildman–Crippen LogP) is 0.768. The Morgan fingerprint density at radius 1 is 1.21 bits per heavy atom. The molecule has 0 aliphatic heterocycles. The zero-order valence-electron chi connectivity index (χ0n) is 12.9. The number of amidine groups is 1. The van der Waals surface area contributed by atoms with Crippen LogP contribution in [0.1, 0.15) is 23.2 Å². The molecule has 0 saturated heterocycles. The maximum absolute atomic E-state index is 12.4. The van der Waals surface area contributed by atoms with Gasteiger partial charge in [0.05, 0.1) is 0 Å². The summed E-state index contributed by atoms with van der Waals surface area (Å²) in [5, 5.41) is 9.31. The molecule has 9 heteroatoms. The van der Waals surface area contributed by atoms with E-state index in [1.807, 2.05) is 0 Å². The van der Waals surface area contributed by atoms with Crippen molar-refractivity contribution in [1.82, 2.24) is 4.90 Å². The van der Waals surface area contributed by atoms with Gasteiger partial charge in [-0.1, -0.05) is 18.2 Å². The topological polar surface area (TPSA) is 139 Å². The van der Waals surface area contributed by atoms with Gasteiger partial charge >= 0.3 is 6.09 Å². The summed E-state index contributed by atoms with van der Waals surface area (Å²) in [6, 6.07) is 6.32. The van der Waals surface area contributed by atoms with E-state index in [0.29, 0.717) is 4.90 Å². The van der Waals surface area contributed by atoms with Crippen molar-refractivity contribution in [1.29, 1.82) is 0 Å². The first-order valence-corrected chi connectivity index (χ1v) is 7.14. The van der Waals surface area contributed by atoms with E-state index in [-0.39, 0.29) is 30.8 Å². The number of rotatable bonds is 8. The number of hydrogen-bond donors (Lipinski definition) is 3. The second-order valence-corrected chi connectivity index (χ2v) is 4.89. The van der Waals surface area contributed by atoms with Gasteiger partial charge < -0.3 is 16.6 Å². The molecule has 1 aromatic carbocycles. The van der Waals surface area contributed by atoms with Gasteiger partial charge in [0.15, 0.2) is 0 Å². The fourth-order valence-corrected chi connectivity index (χ4v) is 2.03. The third kappa shape index (κ3) is 5.34. The van der Waals surface area contributed by atoms with Crippen LogP contribution in [0.15, 0.2) is 35.3 Å². The highest BCUT2D eigenvalue weighted by molar-refractivity contribution is 6.05. The average molecular weight is 338 g/mol. The van der Waals surface area contributed by atoms with E-state index < -0.39 is 30.6 Å². The molecule has 130 valence electrons. The van der Waals surface area contributed by atoms with Gasteiger partial charge in [0.25, 0.3) is 5.91 Å². The van der Waals surface area contributed by atoms with E-state index >= 15 is 0 Å². The molecule has 1 rings (SSSR count). The number of benzene rings is 1.